The molecular formula is C14H14O4. The van der Waals surface area contributed by atoms with Crippen LogP contribution in [0.25, 0.3) is 0 Å². The highest BCUT2D eigenvalue weighted by atomic mass is 16.5. The summed E-state index contributed by atoms with van der Waals surface area (Å²) in [5.74, 6) is 0.300. The predicted octanol–water partition coefficient (Wildman–Crippen LogP) is 2.46. The summed E-state index contributed by atoms with van der Waals surface area (Å²) in [5.41, 5.74) is 1.05. The van der Waals surface area contributed by atoms with Crippen molar-refractivity contribution >= 4 is 5.97 Å². The Kier molecular flexibility index (Phi) is 3.48. The molecule has 94 valence electrons. The molecule has 0 spiro atoms. The number of ether oxygens (including phenoxy) is 1. The molecule has 1 N–H and O–H groups in total. The number of benzene rings is 1. The van der Waals surface area contributed by atoms with Crippen LogP contribution in [0.5, 0.6) is 0 Å². The van der Waals surface area contributed by atoms with Crippen molar-refractivity contribution < 1.29 is 19.1 Å². The number of furan rings is 1. The van der Waals surface area contributed by atoms with Crippen molar-refractivity contribution in [3.63, 3.8) is 0 Å². The molecule has 0 aliphatic heterocycles. The second-order valence-corrected chi connectivity index (χ2v) is 3.92. The number of methoxy groups -OCH3 is 1. The molecule has 0 aliphatic rings. The van der Waals surface area contributed by atoms with Crippen molar-refractivity contribution in [2.24, 2.45) is 0 Å². The molecule has 1 aromatic carbocycles. The van der Waals surface area contributed by atoms with Gasteiger partial charge in [-0.25, -0.2) is 4.79 Å². The summed E-state index contributed by atoms with van der Waals surface area (Å²) in [7, 11) is 1.31. The fourth-order valence-corrected chi connectivity index (χ4v) is 1.75. The molecule has 0 radical (unpaired) electrons. The van der Waals surface area contributed by atoms with Gasteiger partial charge in [0.1, 0.15) is 23.2 Å². The normalized spacial score (nSPS) is 12.2. The zero-order valence-corrected chi connectivity index (χ0v) is 10.2. The van der Waals surface area contributed by atoms with Crippen molar-refractivity contribution in [3.8, 4) is 0 Å². The van der Waals surface area contributed by atoms with Gasteiger partial charge in [-0.05, 0) is 18.6 Å². The average Bonchev–Trinajstić information content (AvgIpc) is 2.80. The quantitative estimate of drug-likeness (QED) is 0.845. The van der Waals surface area contributed by atoms with Gasteiger partial charge in [-0.15, -0.1) is 0 Å². The molecule has 1 atom stereocenters. The first-order valence-corrected chi connectivity index (χ1v) is 5.55. The van der Waals surface area contributed by atoms with Crippen LogP contribution in [0.4, 0.5) is 0 Å². The Morgan fingerprint density at radius 2 is 2.00 bits per heavy atom. The number of hydrogen-bond acceptors (Lipinski definition) is 4. The van der Waals surface area contributed by atoms with Crippen LogP contribution >= 0.6 is 0 Å². The number of aliphatic hydroxyl groups excluding tert-OH is 1. The van der Waals surface area contributed by atoms with Crippen LogP contribution in [-0.2, 0) is 4.74 Å². The fraction of sp³-hybridized carbons (Fsp3) is 0.214. The van der Waals surface area contributed by atoms with E-state index in [0.29, 0.717) is 22.6 Å². The largest absolute Gasteiger partial charge is 0.465 e. The van der Waals surface area contributed by atoms with Crippen LogP contribution in [0.3, 0.4) is 0 Å². The van der Waals surface area contributed by atoms with Crippen LogP contribution in [-0.4, -0.2) is 18.2 Å². The van der Waals surface area contributed by atoms with Gasteiger partial charge in [0.15, 0.2) is 0 Å². The Labute approximate surface area is 105 Å². The van der Waals surface area contributed by atoms with Gasteiger partial charge >= 0.3 is 5.97 Å². The highest BCUT2D eigenvalue weighted by Crippen LogP contribution is 2.26. The summed E-state index contributed by atoms with van der Waals surface area (Å²) in [6.45, 7) is 1.66. The molecule has 0 bridgehead atoms. The van der Waals surface area contributed by atoms with Gasteiger partial charge in [-0.1, -0.05) is 30.3 Å². The van der Waals surface area contributed by atoms with Crippen LogP contribution in [0, 0.1) is 6.92 Å². The Balaban J connectivity index is 2.32. The number of carbonyl (C=O) groups is 1. The van der Waals surface area contributed by atoms with Gasteiger partial charge in [0.05, 0.1) is 7.11 Å². The lowest BCUT2D eigenvalue weighted by molar-refractivity contribution is 0.0599. The number of aryl methyl sites for hydroxylation is 1. The van der Waals surface area contributed by atoms with E-state index in [9.17, 15) is 9.90 Å². The van der Waals surface area contributed by atoms with Gasteiger partial charge in [-0.2, -0.15) is 0 Å². The maximum Gasteiger partial charge on any atom is 0.341 e. The molecule has 0 saturated carbocycles. The van der Waals surface area contributed by atoms with Crippen molar-refractivity contribution in [2.45, 2.75) is 13.0 Å². The van der Waals surface area contributed by atoms with E-state index >= 15 is 0 Å². The SMILES string of the molecule is COC(=O)c1cc([C@H](O)c2ccccc2)oc1C. The molecule has 0 fully saturated rings. The number of rotatable bonds is 3. The summed E-state index contributed by atoms with van der Waals surface area (Å²) in [6, 6.07) is 10.6. The smallest absolute Gasteiger partial charge is 0.341 e. The molecule has 1 aromatic heterocycles. The van der Waals surface area contributed by atoms with Crippen molar-refractivity contribution in [2.75, 3.05) is 7.11 Å². The minimum atomic E-state index is -0.886. The number of aliphatic hydroxyl groups is 1. The molecule has 4 heteroatoms. The van der Waals surface area contributed by atoms with E-state index in [4.69, 9.17) is 4.42 Å². The third kappa shape index (κ3) is 2.28. The molecule has 0 aliphatic carbocycles. The Hall–Kier alpha value is -2.07. The van der Waals surface area contributed by atoms with Gasteiger partial charge in [-0.3, -0.25) is 0 Å². The lowest BCUT2D eigenvalue weighted by Gasteiger charge is -2.06. The van der Waals surface area contributed by atoms with E-state index in [-0.39, 0.29) is 0 Å². The monoisotopic (exact) mass is 246 g/mol. The third-order valence-corrected chi connectivity index (χ3v) is 2.73. The zero-order valence-electron chi connectivity index (χ0n) is 10.2. The maximum absolute atomic E-state index is 11.4. The summed E-state index contributed by atoms with van der Waals surface area (Å²) in [5, 5.41) is 10.1. The fourth-order valence-electron chi connectivity index (χ4n) is 1.75. The highest BCUT2D eigenvalue weighted by Gasteiger charge is 2.20. The van der Waals surface area contributed by atoms with Crippen LogP contribution in [0.15, 0.2) is 40.8 Å². The van der Waals surface area contributed by atoms with Gasteiger partial charge < -0.3 is 14.3 Å². The zero-order chi connectivity index (χ0) is 13.1. The van der Waals surface area contributed by atoms with E-state index in [1.165, 1.54) is 13.2 Å². The average molecular weight is 246 g/mol. The highest BCUT2D eigenvalue weighted by molar-refractivity contribution is 5.90. The second-order valence-electron chi connectivity index (χ2n) is 3.92. The van der Waals surface area contributed by atoms with Crippen molar-refractivity contribution in [1.29, 1.82) is 0 Å². The van der Waals surface area contributed by atoms with Crippen LogP contribution in [0.1, 0.15) is 33.5 Å². The molecule has 18 heavy (non-hydrogen) atoms. The molecular weight excluding hydrogens is 232 g/mol. The lowest BCUT2D eigenvalue weighted by atomic mass is 10.1. The minimum Gasteiger partial charge on any atom is -0.465 e. The first-order chi connectivity index (χ1) is 8.63. The molecule has 2 rings (SSSR count). The molecule has 1 heterocycles. The first kappa shape index (κ1) is 12.4. The lowest BCUT2D eigenvalue weighted by Crippen LogP contribution is -2.01. The van der Waals surface area contributed by atoms with Crippen molar-refractivity contribution in [3.05, 3.63) is 59.0 Å². The van der Waals surface area contributed by atoms with Crippen LogP contribution < -0.4 is 0 Å². The maximum atomic E-state index is 11.4. The van der Waals surface area contributed by atoms with Gasteiger partial charge in [0.2, 0.25) is 0 Å². The molecule has 2 aromatic rings. The molecule has 0 saturated heterocycles. The first-order valence-electron chi connectivity index (χ1n) is 5.55. The summed E-state index contributed by atoms with van der Waals surface area (Å²) >= 11 is 0. The number of hydrogen-bond donors (Lipinski definition) is 1. The van der Waals surface area contributed by atoms with E-state index in [0.717, 1.165) is 0 Å². The van der Waals surface area contributed by atoms with Gasteiger partial charge in [0, 0.05) is 0 Å². The molecule has 0 unspecified atom stereocenters. The van der Waals surface area contributed by atoms with Crippen molar-refractivity contribution in [1.82, 2.24) is 0 Å². The van der Waals surface area contributed by atoms with E-state index in [1.807, 2.05) is 18.2 Å². The topological polar surface area (TPSA) is 59.7 Å². The minimum absolute atomic E-state index is 0.333. The predicted molar refractivity (Wildman–Crippen MR) is 65.3 cm³/mol. The van der Waals surface area contributed by atoms with E-state index < -0.39 is 12.1 Å². The standard InChI is InChI=1S/C14H14O4/c1-9-11(14(16)17-2)8-12(18-9)13(15)10-6-4-3-5-7-10/h3-8,13,15H,1-2H3/t13-/m1/s1. The summed E-state index contributed by atoms with van der Waals surface area (Å²) in [4.78, 5) is 11.4. The molecule has 4 nitrogen and oxygen atoms in total. The number of esters is 1. The Morgan fingerprint density at radius 3 is 2.61 bits per heavy atom. The Bertz CT molecular complexity index is 542. The van der Waals surface area contributed by atoms with E-state index in [1.54, 1.807) is 19.1 Å². The molecule has 0 amide bonds. The third-order valence-electron chi connectivity index (χ3n) is 2.73. The van der Waals surface area contributed by atoms with E-state index in [2.05, 4.69) is 4.74 Å². The Morgan fingerprint density at radius 1 is 1.33 bits per heavy atom. The summed E-state index contributed by atoms with van der Waals surface area (Å²) < 4.78 is 10.0. The van der Waals surface area contributed by atoms with Crippen LogP contribution in [0.2, 0.25) is 0 Å². The second kappa shape index (κ2) is 5.06. The summed E-state index contributed by atoms with van der Waals surface area (Å²) in [6.07, 6.45) is -0.886. The number of carbonyl (C=O) groups excluding carboxylic acids is 1. The van der Waals surface area contributed by atoms with Gasteiger partial charge in [0.25, 0.3) is 0 Å².